The molecular weight excluding hydrogens is 432 g/mol. The highest BCUT2D eigenvalue weighted by Gasteiger charge is 2.25. The number of benzene rings is 3. The molecule has 4 rings (SSSR count). The Morgan fingerprint density at radius 2 is 1.66 bits per heavy atom. The van der Waals surface area contributed by atoms with Crippen LogP contribution in [0.2, 0.25) is 0 Å². The zero-order valence-electron chi connectivity index (χ0n) is 20.6. The summed E-state index contributed by atoms with van der Waals surface area (Å²) in [4.78, 5) is 17.4. The van der Waals surface area contributed by atoms with Crippen molar-refractivity contribution in [1.29, 1.82) is 0 Å². The van der Waals surface area contributed by atoms with Crippen LogP contribution in [0.5, 0.6) is 0 Å². The van der Waals surface area contributed by atoms with Crippen molar-refractivity contribution in [2.45, 2.75) is 25.9 Å². The Morgan fingerprint density at radius 1 is 0.971 bits per heavy atom. The van der Waals surface area contributed by atoms with E-state index in [2.05, 4.69) is 82.4 Å². The number of nitrogens with two attached hydrogens (primary N) is 1. The summed E-state index contributed by atoms with van der Waals surface area (Å²) in [6.07, 6.45) is 1.79. The number of nitrogens with one attached hydrogen (secondary N) is 1. The van der Waals surface area contributed by atoms with Crippen molar-refractivity contribution in [2.75, 3.05) is 32.0 Å². The average Bonchev–Trinajstić information content (AvgIpc) is 2.89. The quantitative estimate of drug-likeness (QED) is 0.458. The first-order valence-corrected chi connectivity index (χ1v) is 12.4. The van der Waals surface area contributed by atoms with Gasteiger partial charge in [-0.25, -0.2) is 0 Å². The van der Waals surface area contributed by atoms with Gasteiger partial charge in [0.25, 0.3) is 0 Å². The van der Waals surface area contributed by atoms with Gasteiger partial charge in [0, 0.05) is 44.0 Å². The summed E-state index contributed by atoms with van der Waals surface area (Å²) >= 11 is 0. The van der Waals surface area contributed by atoms with Gasteiger partial charge in [-0.15, -0.1) is 0 Å². The third-order valence-corrected chi connectivity index (χ3v) is 6.82. The Morgan fingerprint density at radius 3 is 2.34 bits per heavy atom. The Hall–Kier alpha value is -3.41. The number of hydrogen-bond acceptors (Lipinski definition) is 4. The van der Waals surface area contributed by atoms with Gasteiger partial charge in [0.05, 0.1) is 0 Å². The highest BCUT2D eigenvalue weighted by atomic mass is 16.1. The molecule has 0 spiro atoms. The van der Waals surface area contributed by atoms with Crippen LogP contribution in [0.15, 0.2) is 91.1 Å². The lowest BCUT2D eigenvalue weighted by atomic mass is 9.95. The molecule has 0 aliphatic carbocycles. The van der Waals surface area contributed by atoms with Gasteiger partial charge in [0.1, 0.15) is 0 Å². The first-order valence-electron chi connectivity index (χ1n) is 12.4. The van der Waals surface area contributed by atoms with Gasteiger partial charge in [-0.3, -0.25) is 9.69 Å². The van der Waals surface area contributed by atoms with E-state index in [-0.39, 0.29) is 11.8 Å². The van der Waals surface area contributed by atoms with E-state index >= 15 is 0 Å². The van der Waals surface area contributed by atoms with E-state index in [0.29, 0.717) is 6.54 Å². The molecule has 0 atom stereocenters. The van der Waals surface area contributed by atoms with Gasteiger partial charge in [-0.05, 0) is 66.4 Å². The van der Waals surface area contributed by atoms with Crippen LogP contribution in [0.1, 0.15) is 24.0 Å². The SMILES string of the molecule is C=C(CN)N(C)Cc1cccc(-c2ccc(NC(=O)C3CCN(Cc4ccccc4)CC3)cc2)c1. The molecule has 1 aliphatic rings. The van der Waals surface area contributed by atoms with Crippen LogP contribution in [0.4, 0.5) is 5.69 Å². The fourth-order valence-electron chi connectivity index (χ4n) is 4.58. The number of amides is 1. The third-order valence-electron chi connectivity index (χ3n) is 6.82. The number of piperidine rings is 1. The average molecular weight is 469 g/mol. The molecule has 3 aromatic carbocycles. The largest absolute Gasteiger partial charge is 0.373 e. The van der Waals surface area contributed by atoms with E-state index < -0.39 is 0 Å². The van der Waals surface area contributed by atoms with Gasteiger partial charge < -0.3 is 16.0 Å². The highest BCUT2D eigenvalue weighted by Crippen LogP contribution is 2.25. The Labute approximate surface area is 209 Å². The molecule has 0 radical (unpaired) electrons. The summed E-state index contributed by atoms with van der Waals surface area (Å²) < 4.78 is 0. The smallest absolute Gasteiger partial charge is 0.227 e. The number of likely N-dealkylation sites (tertiary alicyclic amines) is 1. The second kappa shape index (κ2) is 11.8. The molecule has 182 valence electrons. The number of anilines is 1. The second-order valence-corrected chi connectivity index (χ2v) is 9.43. The highest BCUT2D eigenvalue weighted by molar-refractivity contribution is 5.92. The number of rotatable bonds is 9. The van der Waals surface area contributed by atoms with Crippen molar-refractivity contribution in [2.24, 2.45) is 11.7 Å². The molecule has 5 nitrogen and oxygen atoms in total. The maximum atomic E-state index is 12.9. The predicted octanol–water partition coefficient (Wildman–Crippen LogP) is 5.11. The number of carbonyl (C=O) groups is 1. The number of nitrogens with zero attached hydrogens (tertiary/aromatic N) is 2. The Bertz CT molecular complexity index is 1120. The van der Waals surface area contributed by atoms with Crippen LogP contribution in [0.25, 0.3) is 11.1 Å². The second-order valence-electron chi connectivity index (χ2n) is 9.43. The van der Waals surface area contributed by atoms with Gasteiger partial charge in [-0.2, -0.15) is 0 Å². The minimum Gasteiger partial charge on any atom is -0.373 e. The number of carbonyl (C=O) groups excluding carboxylic acids is 1. The minimum atomic E-state index is 0.0682. The number of likely N-dealkylation sites (N-methyl/N-ethyl adjacent to an activating group) is 1. The summed E-state index contributed by atoms with van der Waals surface area (Å²) in [5.41, 5.74) is 12.3. The van der Waals surface area contributed by atoms with Crippen LogP contribution in [0.3, 0.4) is 0 Å². The van der Waals surface area contributed by atoms with Crippen LogP contribution < -0.4 is 11.1 Å². The topological polar surface area (TPSA) is 61.6 Å². The molecule has 1 aliphatic heterocycles. The van der Waals surface area contributed by atoms with E-state index in [0.717, 1.165) is 61.5 Å². The summed E-state index contributed by atoms with van der Waals surface area (Å²) in [6, 6.07) is 27.1. The lowest BCUT2D eigenvalue weighted by Crippen LogP contribution is -2.37. The molecule has 1 fully saturated rings. The molecule has 0 unspecified atom stereocenters. The van der Waals surface area contributed by atoms with Crippen molar-refractivity contribution in [1.82, 2.24) is 9.80 Å². The molecule has 0 aromatic heterocycles. The van der Waals surface area contributed by atoms with Crippen LogP contribution >= 0.6 is 0 Å². The summed E-state index contributed by atoms with van der Waals surface area (Å²) in [6.45, 7) is 8.09. The van der Waals surface area contributed by atoms with Crippen molar-refractivity contribution in [3.05, 3.63) is 102 Å². The van der Waals surface area contributed by atoms with Crippen molar-refractivity contribution in [3.63, 3.8) is 0 Å². The zero-order chi connectivity index (χ0) is 24.6. The van der Waals surface area contributed by atoms with Gasteiger partial charge in [-0.1, -0.05) is 67.2 Å². The molecule has 1 saturated heterocycles. The fraction of sp³-hybridized carbons (Fsp3) is 0.300. The van der Waals surface area contributed by atoms with E-state index in [1.807, 2.05) is 25.2 Å². The Kier molecular flexibility index (Phi) is 8.35. The van der Waals surface area contributed by atoms with E-state index in [1.54, 1.807) is 0 Å². The Balaban J connectivity index is 1.30. The molecule has 0 saturated carbocycles. The fourth-order valence-corrected chi connectivity index (χ4v) is 4.58. The molecule has 1 amide bonds. The summed E-state index contributed by atoms with van der Waals surface area (Å²) in [7, 11) is 2.01. The van der Waals surface area contributed by atoms with E-state index in [4.69, 9.17) is 5.73 Å². The van der Waals surface area contributed by atoms with Gasteiger partial charge in [0.2, 0.25) is 5.91 Å². The van der Waals surface area contributed by atoms with Gasteiger partial charge in [0.15, 0.2) is 0 Å². The normalized spacial score (nSPS) is 14.5. The standard InChI is InChI=1S/C30H36N4O/c1-23(20-31)33(2)21-25-9-6-10-28(19-25)26-11-13-29(14-12-26)32-30(35)27-15-17-34(18-16-27)22-24-7-4-3-5-8-24/h3-14,19,27H,1,15-18,20-22,31H2,2H3,(H,32,35). The first kappa shape index (κ1) is 24.7. The van der Waals surface area contributed by atoms with Crippen molar-refractivity contribution < 1.29 is 4.79 Å². The third kappa shape index (κ3) is 6.81. The lowest BCUT2D eigenvalue weighted by molar-refractivity contribution is -0.121. The number of hydrogen-bond donors (Lipinski definition) is 2. The minimum absolute atomic E-state index is 0.0682. The van der Waals surface area contributed by atoms with Crippen LogP contribution in [0, 0.1) is 5.92 Å². The zero-order valence-corrected chi connectivity index (χ0v) is 20.6. The van der Waals surface area contributed by atoms with Crippen molar-refractivity contribution >= 4 is 11.6 Å². The predicted molar refractivity (Wildman–Crippen MR) is 145 cm³/mol. The maximum Gasteiger partial charge on any atom is 0.227 e. The molecule has 3 aromatic rings. The molecule has 1 heterocycles. The summed E-state index contributed by atoms with van der Waals surface area (Å²) in [5, 5.41) is 3.13. The molecule has 5 heteroatoms. The lowest BCUT2D eigenvalue weighted by Gasteiger charge is -2.31. The van der Waals surface area contributed by atoms with E-state index in [9.17, 15) is 4.79 Å². The van der Waals surface area contributed by atoms with E-state index in [1.165, 1.54) is 11.1 Å². The van der Waals surface area contributed by atoms with Crippen molar-refractivity contribution in [3.8, 4) is 11.1 Å². The first-order chi connectivity index (χ1) is 17.0. The molecule has 0 bridgehead atoms. The molecule has 3 N–H and O–H groups in total. The molecular formula is C30H36N4O. The van der Waals surface area contributed by atoms with Gasteiger partial charge >= 0.3 is 0 Å². The maximum absolute atomic E-state index is 12.9. The van der Waals surface area contributed by atoms with Crippen LogP contribution in [-0.4, -0.2) is 42.4 Å². The molecule has 35 heavy (non-hydrogen) atoms. The summed E-state index contributed by atoms with van der Waals surface area (Å²) in [5.74, 6) is 0.195. The van der Waals surface area contributed by atoms with Crippen LogP contribution in [-0.2, 0) is 17.9 Å². The monoisotopic (exact) mass is 468 g/mol.